The zero-order valence-corrected chi connectivity index (χ0v) is 18.4. The van der Waals surface area contributed by atoms with E-state index < -0.39 is 11.7 Å². The molecule has 4 nitrogen and oxygen atoms in total. The molecule has 0 radical (unpaired) electrons. The standard InChI is InChI=1S/C27H21F3N2O2/c1-17-24(15-18-6-2-9-21(14-18)27(28,29)30)34-23-11-4-10-22(25(17)23)19-7-3-8-20(16-19)26(33)32-13-5-12-31/h2-4,6-11,14,16H,5,13,15H2,1H3,(H,32,33). The lowest BCUT2D eigenvalue weighted by atomic mass is 9.96. The molecule has 4 aromatic rings. The Hall–Kier alpha value is -4.05. The number of aryl methyl sites for hydroxylation is 1. The summed E-state index contributed by atoms with van der Waals surface area (Å²) in [4.78, 5) is 12.4. The average Bonchev–Trinajstić information content (AvgIpc) is 3.14. The Morgan fingerprint density at radius 1 is 1.06 bits per heavy atom. The van der Waals surface area contributed by atoms with Crippen molar-refractivity contribution in [2.24, 2.45) is 0 Å². The average molecular weight is 462 g/mol. The van der Waals surface area contributed by atoms with Crippen LogP contribution in [0.5, 0.6) is 0 Å². The summed E-state index contributed by atoms with van der Waals surface area (Å²) in [6.07, 6.45) is -3.95. The summed E-state index contributed by atoms with van der Waals surface area (Å²) in [6, 6.07) is 20.0. The fraction of sp³-hybridized carbons (Fsp3) is 0.185. The molecule has 4 rings (SSSR count). The van der Waals surface area contributed by atoms with Crippen molar-refractivity contribution in [1.82, 2.24) is 5.32 Å². The Bertz CT molecular complexity index is 1400. The van der Waals surface area contributed by atoms with Crippen molar-refractivity contribution < 1.29 is 22.4 Å². The third-order valence-corrected chi connectivity index (χ3v) is 5.63. The molecule has 0 bridgehead atoms. The maximum atomic E-state index is 13.1. The van der Waals surface area contributed by atoms with Gasteiger partial charge in [-0.2, -0.15) is 18.4 Å². The van der Waals surface area contributed by atoms with Crippen LogP contribution in [-0.2, 0) is 12.6 Å². The largest absolute Gasteiger partial charge is 0.460 e. The molecule has 3 aromatic carbocycles. The molecule has 0 saturated carbocycles. The number of halogens is 3. The highest BCUT2D eigenvalue weighted by Crippen LogP contribution is 2.36. The van der Waals surface area contributed by atoms with Crippen LogP contribution in [-0.4, -0.2) is 12.5 Å². The van der Waals surface area contributed by atoms with E-state index in [2.05, 4.69) is 5.32 Å². The highest BCUT2D eigenvalue weighted by molar-refractivity contribution is 6.00. The van der Waals surface area contributed by atoms with E-state index in [1.807, 2.05) is 37.3 Å². The van der Waals surface area contributed by atoms with Crippen LogP contribution >= 0.6 is 0 Å². The first-order valence-electron chi connectivity index (χ1n) is 10.7. The maximum absolute atomic E-state index is 13.1. The van der Waals surface area contributed by atoms with Gasteiger partial charge in [-0.3, -0.25) is 4.79 Å². The van der Waals surface area contributed by atoms with Crippen molar-refractivity contribution in [1.29, 1.82) is 5.26 Å². The van der Waals surface area contributed by atoms with Gasteiger partial charge < -0.3 is 9.73 Å². The predicted octanol–water partition coefficient (Wildman–Crippen LogP) is 6.66. The molecule has 0 spiro atoms. The number of nitrogens with zero attached hydrogens (tertiary/aromatic N) is 1. The number of nitrogens with one attached hydrogen (secondary N) is 1. The summed E-state index contributed by atoms with van der Waals surface area (Å²) in [6.45, 7) is 2.16. The van der Waals surface area contributed by atoms with Gasteiger partial charge in [-0.05, 0) is 53.4 Å². The van der Waals surface area contributed by atoms with E-state index in [-0.39, 0.29) is 25.3 Å². The van der Waals surface area contributed by atoms with E-state index in [1.54, 1.807) is 24.3 Å². The second kappa shape index (κ2) is 9.44. The number of benzene rings is 3. The lowest BCUT2D eigenvalue weighted by molar-refractivity contribution is -0.137. The van der Waals surface area contributed by atoms with Crippen molar-refractivity contribution in [3.05, 3.63) is 94.7 Å². The van der Waals surface area contributed by atoms with Gasteiger partial charge in [0.25, 0.3) is 5.91 Å². The fourth-order valence-corrected chi connectivity index (χ4v) is 3.97. The lowest BCUT2D eigenvalue weighted by Crippen LogP contribution is -2.24. The number of nitriles is 1. The Kier molecular flexibility index (Phi) is 6.42. The zero-order valence-electron chi connectivity index (χ0n) is 18.4. The normalized spacial score (nSPS) is 11.4. The first kappa shape index (κ1) is 23.1. The Morgan fingerprint density at radius 3 is 2.59 bits per heavy atom. The van der Waals surface area contributed by atoms with Gasteiger partial charge in [-0.15, -0.1) is 0 Å². The van der Waals surface area contributed by atoms with Crippen molar-refractivity contribution in [2.75, 3.05) is 6.54 Å². The van der Waals surface area contributed by atoms with Crippen LogP contribution in [0.4, 0.5) is 13.2 Å². The van der Waals surface area contributed by atoms with Crippen LogP contribution in [0.15, 0.2) is 71.1 Å². The summed E-state index contributed by atoms with van der Waals surface area (Å²) in [5.74, 6) is 0.325. The van der Waals surface area contributed by atoms with Gasteiger partial charge in [0.15, 0.2) is 0 Å². The fourth-order valence-electron chi connectivity index (χ4n) is 3.97. The van der Waals surface area contributed by atoms with E-state index >= 15 is 0 Å². The predicted molar refractivity (Wildman–Crippen MR) is 123 cm³/mol. The van der Waals surface area contributed by atoms with E-state index in [4.69, 9.17) is 9.68 Å². The van der Waals surface area contributed by atoms with Crippen LogP contribution in [0, 0.1) is 18.3 Å². The van der Waals surface area contributed by atoms with Crippen molar-refractivity contribution in [3.8, 4) is 17.2 Å². The minimum absolute atomic E-state index is 0.227. The van der Waals surface area contributed by atoms with Crippen LogP contribution in [0.2, 0.25) is 0 Å². The number of hydrogen-bond donors (Lipinski definition) is 1. The minimum Gasteiger partial charge on any atom is -0.460 e. The van der Waals surface area contributed by atoms with E-state index in [0.717, 1.165) is 34.2 Å². The molecule has 0 saturated heterocycles. The molecule has 0 aliphatic carbocycles. The van der Waals surface area contributed by atoms with Gasteiger partial charge in [0.1, 0.15) is 11.3 Å². The number of hydrogen-bond acceptors (Lipinski definition) is 3. The summed E-state index contributed by atoms with van der Waals surface area (Å²) < 4.78 is 45.4. The van der Waals surface area contributed by atoms with E-state index in [0.29, 0.717) is 22.5 Å². The van der Waals surface area contributed by atoms with Crippen LogP contribution in [0.3, 0.4) is 0 Å². The molecule has 34 heavy (non-hydrogen) atoms. The molecule has 0 atom stereocenters. The van der Waals surface area contributed by atoms with Crippen LogP contribution in [0.1, 0.15) is 39.2 Å². The Labute approximate surface area is 194 Å². The lowest BCUT2D eigenvalue weighted by Gasteiger charge is -2.08. The van der Waals surface area contributed by atoms with E-state index in [9.17, 15) is 18.0 Å². The number of fused-ring (bicyclic) bond motifs is 1. The van der Waals surface area contributed by atoms with Gasteiger partial charge in [0.2, 0.25) is 0 Å². The zero-order chi connectivity index (χ0) is 24.3. The van der Waals surface area contributed by atoms with Gasteiger partial charge in [0.05, 0.1) is 18.1 Å². The van der Waals surface area contributed by atoms with Gasteiger partial charge in [-0.1, -0.05) is 42.5 Å². The maximum Gasteiger partial charge on any atom is 0.416 e. The van der Waals surface area contributed by atoms with Crippen molar-refractivity contribution in [3.63, 3.8) is 0 Å². The van der Waals surface area contributed by atoms with Gasteiger partial charge in [-0.25, -0.2) is 0 Å². The molecular formula is C27H21F3N2O2. The molecular weight excluding hydrogens is 441 g/mol. The first-order chi connectivity index (χ1) is 16.3. The molecule has 0 unspecified atom stereocenters. The minimum atomic E-state index is -4.40. The highest BCUT2D eigenvalue weighted by atomic mass is 19.4. The quantitative estimate of drug-likeness (QED) is 0.326. The summed E-state index contributed by atoms with van der Waals surface area (Å²) >= 11 is 0. The van der Waals surface area contributed by atoms with Crippen molar-refractivity contribution >= 4 is 16.9 Å². The molecule has 1 N–H and O–H groups in total. The molecule has 172 valence electrons. The van der Waals surface area contributed by atoms with Crippen molar-refractivity contribution in [2.45, 2.75) is 25.9 Å². The molecule has 1 aromatic heterocycles. The molecule has 1 heterocycles. The topological polar surface area (TPSA) is 66.0 Å². The summed E-state index contributed by atoms with van der Waals surface area (Å²) in [5, 5.41) is 12.2. The Balaban J connectivity index is 1.69. The van der Waals surface area contributed by atoms with Crippen LogP contribution < -0.4 is 5.32 Å². The second-order valence-corrected chi connectivity index (χ2v) is 7.95. The molecule has 0 aliphatic rings. The van der Waals surface area contributed by atoms with E-state index in [1.165, 1.54) is 6.07 Å². The molecule has 0 aliphatic heterocycles. The third-order valence-electron chi connectivity index (χ3n) is 5.63. The second-order valence-electron chi connectivity index (χ2n) is 7.95. The number of amides is 1. The van der Waals surface area contributed by atoms with Gasteiger partial charge in [0, 0.05) is 23.9 Å². The number of carbonyl (C=O) groups excluding carboxylic acids is 1. The monoisotopic (exact) mass is 462 g/mol. The third kappa shape index (κ3) is 4.81. The number of alkyl halides is 3. The number of furan rings is 1. The highest BCUT2D eigenvalue weighted by Gasteiger charge is 2.30. The molecule has 7 heteroatoms. The SMILES string of the molecule is Cc1c(Cc2cccc(C(F)(F)F)c2)oc2cccc(-c3cccc(C(=O)NCCC#N)c3)c12. The van der Waals surface area contributed by atoms with Crippen LogP contribution in [0.25, 0.3) is 22.1 Å². The molecule has 0 fully saturated rings. The smallest absolute Gasteiger partial charge is 0.416 e. The number of carbonyl (C=O) groups is 1. The number of rotatable bonds is 6. The first-order valence-corrected chi connectivity index (χ1v) is 10.7. The molecule has 1 amide bonds. The summed E-state index contributed by atoms with van der Waals surface area (Å²) in [7, 11) is 0. The summed E-state index contributed by atoms with van der Waals surface area (Å²) in [5.41, 5.74) is 3.43. The Morgan fingerprint density at radius 2 is 1.82 bits per heavy atom. The van der Waals surface area contributed by atoms with Gasteiger partial charge >= 0.3 is 6.18 Å².